The van der Waals surface area contributed by atoms with Gasteiger partial charge in [-0.05, 0) is 19.8 Å². The molecule has 1 saturated heterocycles. The fourth-order valence-corrected chi connectivity index (χ4v) is 2.07. The summed E-state index contributed by atoms with van der Waals surface area (Å²) in [7, 11) is 0. The van der Waals surface area contributed by atoms with Crippen LogP contribution in [0.15, 0.2) is 11.3 Å². The van der Waals surface area contributed by atoms with E-state index in [4.69, 9.17) is 9.47 Å². The first-order valence-electron chi connectivity index (χ1n) is 5.34. The van der Waals surface area contributed by atoms with E-state index in [2.05, 4.69) is 15.9 Å². The lowest BCUT2D eigenvalue weighted by Gasteiger charge is -2.10. The highest BCUT2D eigenvalue weighted by Crippen LogP contribution is 2.28. The van der Waals surface area contributed by atoms with Crippen LogP contribution in [0, 0.1) is 0 Å². The topological polar surface area (TPSA) is 35.5 Å². The van der Waals surface area contributed by atoms with Crippen molar-refractivity contribution in [2.24, 2.45) is 0 Å². The molecule has 1 heterocycles. The number of halogens is 1. The zero-order valence-electron chi connectivity index (χ0n) is 9.22. The lowest BCUT2D eigenvalue weighted by atomic mass is 10.1. The van der Waals surface area contributed by atoms with E-state index >= 15 is 0 Å². The van der Waals surface area contributed by atoms with Gasteiger partial charge in [0.05, 0.1) is 12.2 Å². The number of hydrogen-bond acceptors (Lipinski definition) is 3. The van der Waals surface area contributed by atoms with Crippen molar-refractivity contribution in [1.29, 1.82) is 0 Å². The molecule has 1 atom stereocenters. The first-order chi connectivity index (χ1) is 7.22. The normalized spacial score (nSPS) is 23.5. The molecule has 3 nitrogen and oxygen atoms in total. The molecule has 0 aliphatic carbocycles. The summed E-state index contributed by atoms with van der Waals surface area (Å²) in [6.07, 6.45) is 2.70. The number of rotatable bonds is 4. The van der Waals surface area contributed by atoms with Gasteiger partial charge in [-0.25, -0.2) is 4.79 Å². The van der Waals surface area contributed by atoms with Crippen molar-refractivity contribution in [3.8, 4) is 0 Å². The molecule has 0 N–H and O–H groups in total. The highest BCUT2D eigenvalue weighted by molar-refractivity contribution is 9.09. The Kier molecular flexibility index (Phi) is 5.15. The number of alkyl halides is 1. The SMILES string of the molecule is CCOC(=O)/C(CC)=C1/CC[C@H](CBr)O1. The van der Waals surface area contributed by atoms with Crippen LogP contribution in [0.25, 0.3) is 0 Å². The van der Waals surface area contributed by atoms with Crippen LogP contribution in [0.1, 0.15) is 33.1 Å². The Morgan fingerprint density at radius 1 is 1.60 bits per heavy atom. The van der Waals surface area contributed by atoms with Crippen molar-refractivity contribution < 1.29 is 14.3 Å². The van der Waals surface area contributed by atoms with Crippen LogP contribution in [-0.2, 0) is 14.3 Å². The molecule has 0 radical (unpaired) electrons. The van der Waals surface area contributed by atoms with E-state index in [1.165, 1.54) is 0 Å². The van der Waals surface area contributed by atoms with Crippen LogP contribution < -0.4 is 0 Å². The summed E-state index contributed by atoms with van der Waals surface area (Å²) in [5, 5.41) is 0.816. The average Bonchev–Trinajstić information content (AvgIpc) is 2.68. The van der Waals surface area contributed by atoms with Gasteiger partial charge in [0.2, 0.25) is 0 Å². The molecule has 0 spiro atoms. The van der Waals surface area contributed by atoms with Gasteiger partial charge < -0.3 is 9.47 Å². The third-order valence-electron chi connectivity index (χ3n) is 2.39. The van der Waals surface area contributed by atoms with E-state index in [0.717, 1.165) is 23.9 Å². The molecule has 1 rings (SSSR count). The van der Waals surface area contributed by atoms with Gasteiger partial charge in [-0.3, -0.25) is 0 Å². The van der Waals surface area contributed by atoms with Gasteiger partial charge in [0.15, 0.2) is 0 Å². The Bertz CT molecular complexity index is 261. The van der Waals surface area contributed by atoms with Crippen molar-refractivity contribution >= 4 is 21.9 Å². The Hall–Kier alpha value is -0.510. The molecule has 15 heavy (non-hydrogen) atoms. The highest BCUT2D eigenvalue weighted by atomic mass is 79.9. The first kappa shape index (κ1) is 12.6. The maximum atomic E-state index is 11.6. The standard InChI is InChI=1S/C11H17BrO3/c1-3-9(11(13)14-4-2)10-6-5-8(7-12)15-10/h8H,3-7H2,1-2H3/b10-9-/t8-/m1/s1. The summed E-state index contributed by atoms with van der Waals surface area (Å²) in [6, 6.07) is 0. The van der Waals surface area contributed by atoms with Crippen molar-refractivity contribution in [3.05, 3.63) is 11.3 Å². The summed E-state index contributed by atoms with van der Waals surface area (Å²) in [5.74, 6) is 0.589. The van der Waals surface area contributed by atoms with Gasteiger partial charge in [0.1, 0.15) is 11.9 Å². The molecule has 0 aromatic carbocycles. The monoisotopic (exact) mass is 276 g/mol. The molecule has 0 bridgehead atoms. The van der Waals surface area contributed by atoms with Crippen LogP contribution in [0.4, 0.5) is 0 Å². The molecule has 4 heteroatoms. The minimum Gasteiger partial charge on any atom is -0.493 e. The molecule has 0 amide bonds. The summed E-state index contributed by atoms with van der Waals surface area (Å²) in [4.78, 5) is 11.6. The Morgan fingerprint density at radius 2 is 2.33 bits per heavy atom. The largest absolute Gasteiger partial charge is 0.493 e. The minimum atomic E-state index is -0.231. The zero-order chi connectivity index (χ0) is 11.3. The lowest BCUT2D eigenvalue weighted by Crippen LogP contribution is -2.11. The van der Waals surface area contributed by atoms with Gasteiger partial charge in [-0.1, -0.05) is 22.9 Å². The second-order valence-electron chi connectivity index (χ2n) is 3.41. The number of allylic oxidation sites excluding steroid dienone is 1. The molecule has 0 saturated carbocycles. The second kappa shape index (κ2) is 6.16. The van der Waals surface area contributed by atoms with Crippen LogP contribution in [0.3, 0.4) is 0 Å². The van der Waals surface area contributed by atoms with Crippen molar-refractivity contribution in [2.75, 3.05) is 11.9 Å². The fraction of sp³-hybridized carbons (Fsp3) is 0.727. The second-order valence-corrected chi connectivity index (χ2v) is 4.06. The first-order valence-corrected chi connectivity index (χ1v) is 6.46. The molecular formula is C11H17BrO3. The van der Waals surface area contributed by atoms with Crippen molar-refractivity contribution in [3.63, 3.8) is 0 Å². The van der Waals surface area contributed by atoms with Crippen LogP contribution in [0.5, 0.6) is 0 Å². The number of ether oxygens (including phenoxy) is 2. The van der Waals surface area contributed by atoms with Gasteiger partial charge >= 0.3 is 5.97 Å². The zero-order valence-corrected chi connectivity index (χ0v) is 10.8. The van der Waals surface area contributed by atoms with E-state index in [0.29, 0.717) is 18.6 Å². The molecule has 1 fully saturated rings. The quantitative estimate of drug-likeness (QED) is 0.450. The van der Waals surface area contributed by atoms with Crippen LogP contribution in [-0.4, -0.2) is 24.0 Å². The van der Waals surface area contributed by atoms with Gasteiger partial charge in [-0.15, -0.1) is 0 Å². The molecule has 0 aromatic heterocycles. The average molecular weight is 277 g/mol. The predicted octanol–water partition coefficient (Wildman–Crippen LogP) is 2.79. The fourth-order valence-electron chi connectivity index (χ4n) is 1.62. The molecular weight excluding hydrogens is 260 g/mol. The number of carbonyl (C=O) groups is 1. The van der Waals surface area contributed by atoms with Crippen molar-refractivity contribution in [2.45, 2.75) is 39.2 Å². The number of carbonyl (C=O) groups excluding carboxylic acids is 1. The summed E-state index contributed by atoms with van der Waals surface area (Å²) in [6.45, 7) is 4.17. The van der Waals surface area contributed by atoms with E-state index in [1.807, 2.05) is 13.8 Å². The van der Waals surface area contributed by atoms with E-state index in [-0.39, 0.29) is 12.1 Å². The van der Waals surface area contributed by atoms with Crippen LogP contribution >= 0.6 is 15.9 Å². The third kappa shape index (κ3) is 3.23. The summed E-state index contributed by atoms with van der Waals surface area (Å²) < 4.78 is 10.7. The minimum absolute atomic E-state index is 0.205. The van der Waals surface area contributed by atoms with Gasteiger partial charge in [0.25, 0.3) is 0 Å². The maximum Gasteiger partial charge on any atom is 0.337 e. The smallest absolute Gasteiger partial charge is 0.337 e. The summed E-state index contributed by atoms with van der Waals surface area (Å²) >= 11 is 3.38. The van der Waals surface area contributed by atoms with Crippen molar-refractivity contribution in [1.82, 2.24) is 0 Å². The molecule has 0 aromatic rings. The van der Waals surface area contributed by atoms with E-state index in [9.17, 15) is 4.79 Å². The highest BCUT2D eigenvalue weighted by Gasteiger charge is 2.25. The lowest BCUT2D eigenvalue weighted by molar-refractivity contribution is -0.138. The Labute approximate surface area is 98.9 Å². The Balaban J connectivity index is 2.72. The Morgan fingerprint density at radius 3 is 2.80 bits per heavy atom. The van der Waals surface area contributed by atoms with Gasteiger partial charge in [0, 0.05) is 11.8 Å². The van der Waals surface area contributed by atoms with E-state index in [1.54, 1.807) is 0 Å². The van der Waals surface area contributed by atoms with Crippen LogP contribution in [0.2, 0.25) is 0 Å². The maximum absolute atomic E-state index is 11.6. The molecule has 86 valence electrons. The molecule has 1 aliphatic rings. The van der Waals surface area contributed by atoms with Gasteiger partial charge in [-0.2, -0.15) is 0 Å². The molecule has 1 aliphatic heterocycles. The number of hydrogen-bond donors (Lipinski definition) is 0. The summed E-state index contributed by atoms with van der Waals surface area (Å²) in [5.41, 5.74) is 0.695. The number of esters is 1. The predicted molar refractivity (Wildman–Crippen MR) is 61.9 cm³/mol. The molecule has 0 unspecified atom stereocenters. The third-order valence-corrected chi connectivity index (χ3v) is 3.11. The van der Waals surface area contributed by atoms with E-state index < -0.39 is 0 Å².